The Balaban J connectivity index is 1.99. The minimum absolute atomic E-state index is 0.0187. The van der Waals surface area contributed by atoms with Crippen LogP contribution >= 0.6 is 0 Å². The third-order valence-electron chi connectivity index (χ3n) is 4.26. The van der Waals surface area contributed by atoms with Gasteiger partial charge < -0.3 is 9.47 Å². The van der Waals surface area contributed by atoms with Crippen molar-refractivity contribution in [2.24, 2.45) is 0 Å². The van der Waals surface area contributed by atoms with Gasteiger partial charge in [0.05, 0.1) is 18.0 Å². The number of esters is 1. The lowest BCUT2D eigenvalue weighted by atomic mass is 10.2. The minimum atomic E-state index is -4.23. The molecular formula is C19H19FN2O6S. The van der Waals surface area contributed by atoms with Crippen LogP contribution < -0.4 is 13.9 Å². The van der Waals surface area contributed by atoms with E-state index in [0.29, 0.717) is 4.31 Å². The lowest BCUT2D eigenvalue weighted by Gasteiger charge is -2.34. The average Bonchev–Trinajstić information content (AvgIpc) is 2.68. The van der Waals surface area contributed by atoms with Crippen molar-refractivity contribution in [1.82, 2.24) is 0 Å². The molecule has 1 unspecified atom stereocenters. The maximum absolute atomic E-state index is 13.2. The van der Waals surface area contributed by atoms with E-state index in [0.717, 1.165) is 17.0 Å². The number of fused-ring (bicyclic) bond motifs is 1. The van der Waals surface area contributed by atoms with Gasteiger partial charge in [-0.25, -0.2) is 22.4 Å². The van der Waals surface area contributed by atoms with Crippen LogP contribution in [0.2, 0.25) is 0 Å². The van der Waals surface area contributed by atoms with Gasteiger partial charge in [-0.2, -0.15) is 4.31 Å². The smallest absolute Gasteiger partial charge is 0.347 e. The second-order valence-corrected chi connectivity index (χ2v) is 7.98. The minimum Gasteiger partial charge on any atom is -0.479 e. The molecule has 1 aliphatic heterocycles. The molecule has 1 heterocycles. The molecule has 154 valence electrons. The number of benzene rings is 2. The number of carbonyl (C=O) groups excluding carboxylic acids is 2. The topological polar surface area (TPSA) is 93.2 Å². The number of hydrogen-bond acceptors (Lipinski definition) is 6. The zero-order valence-corrected chi connectivity index (χ0v) is 16.8. The van der Waals surface area contributed by atoms with Crippen molar-refractivity contribution < 1.29 is 31.9 Å². The maximum atomic E-state index is 13.2. The Bertz CT molecular complexity index is 1050. The maximum Gasteiger partial charge on any atom is 0.347 e. The molecule has 0 saturated heterocycles. The highest BCUT2D eigenvalue weighted by Crippen LogP contribution is 2.38. The number of nitrogens with zero attached hydrogens (tertiary/aromatic N) is 2. The molecule has 8 nitrogen and oxygen atoms in total. The normalized spacial score (nSPS) is 16.2. The lowest BCUT2D eigenvalue weighted by molar-refractivity contribution is -0.150. The van der Waals surface area contributed by atoms with E-state index in [1.807, 2.05) is 0 Å². The van der Waals surface area contributed by atoms with Gasteiger partial charge in [0.15, 0.2) is 6.10 Å². The summed E-state index contributed by atoms with van der Waals surface area (Å²) in [6, 6.07) is 7.77. The standard InChI is InChI=1S/C19H19FN2O6S/c1-4-27-18(23)12(2)28-15-9-10-17-16(11-15)21(3)19(24)22(29(17,25)26)14-7-5-13(20)6-8-14/h5-12H,4H2,1-3H3. The summed E-state index contributed by atoms with van der Waals surface area (Å²) < 4.78 is 50.3. The van der Waals surface area contributed by atoms with E-state index >= 15 is 0 Å². The van der Waals surface area contributed by atoms with Gasteiger partial charge in [-0.15, -0.1) is 0 Å². The SMILES string of the molecule is CCOC(=O)C(C)Oc1ccc2c(c1)N(C)C(=O)N(c1ccc(F)cc1)S2(=O)=O. The van der Waals surface area contributed by atoms with Crippen LogP contribution in [-0.2, 0) is 19.6 Å². The van der Waals surface area contributed by atoms with Gasteiger partial charge in [-0.05, 0) is 50.2 Å². The summed E-state index contributed by atoms with van der Waals surface area (Å²) in [7, 11) is -2.82. The van der Waals surface area contributed by atoms with E-state index in [9.17, 15) is 22.4 Å². The van der Waals surface area contributed by atoms with Crippen molar-refractivity contribution in [2.75, 3.05) is 22.9 Å². The first-order valence-electron chi connectivity index (χ1n) is 8.72. The van der Waals surface area contributed by atoms with Crippen LogP contribution in [0, 0.1) is 5.82 Å². The summed E-state index contributed by atoms with van der Waals surface area (Å²) in [4.78, 5) is 25.5. The molecule has 29 heavy (non-hydrogen) atoms. The van der Waals surface area contributed by atoms with E-state index in [4.69, 9.17) is 9.47 Å². The Labute approximate surface area is 167 Å². The number of amides is 2. The number of ether oxygens (including phenoxy) is 2. The van der Waals surface area contributed by atoms with Crippen LogP contribution in [0.25, 0.3) is 0 Å². The third kappa shape index (κ3) is 3.75. The number of sulfonamides is 1. The summed E-state index contributed by atoms with van der Waals surface area (Å²) in [5.41, 5.74) is 0.118. The van der Waals surface area contributed by atoms with Crippen molar-refractivity contribution in [3.05, 3.63) is 48.3 Å². The highest BCUT2D eigenvalue weighted by atomic mass is 32.2. The number of halogens is 1. The molecule has 0 aromatic heterocycles. The molecule has 2 aromatic rings. The Kier molecular flexibility index (Phi) is 5.47. The summed E-state index contributed by atoms with van der Waals surface area (Å²) in [6.07, 6.45) is -0.912. The van der Waals surface area contributed by atoms with Crippen molar-refractivity contribution in [1.29, 1.82) is 0 Å². The van der Waals surface area contributed by atoms with Crippen LogP contribution in [0.5, 0.6) is 5.75 Å². The largest absolute Gasteiger partial charge is 0.479 e. The summed E-state index contributed by atoms with van der Waals surface area (Å²) in [5.74, 6) is -0.916. The predicted molar refractivity (Wildman–Crippen MR) is 103 cm³/mol. The molecule has 0 fully saturated rings. The first-order chi connectivity index (χ1) is 13.7. The van der Waals surface area contributed by atoms with Crippen LogP contribution in [0.4, 0.5) is 20.6 Å². The van der Waals surface area contributed by atoms with Gasteiger partial charge in [0.25, 0.3) is 10.0 Å². The quantitative estimate of drug-likeness (QED) is 0.688. The molecule has 3 rings (SSSR count). The Morgan fingerprint density at radius 1 is 1.17 bits per heavy atom. The van der Waals surface area contributed by atoms with Crippen LogP contribution in [0.15, 0.2) is 47.4 Å². The Morgan fingerprint density at radius 2 is 1.83 bits per heavy atom. The summed E-state index contributed by atoms with van der Waals surface area (Å²) >= 11 is 0. The molecular weight excluding hydrogens is 403 g/mol. The fourth-order valence-corrected chi connectivity index (χ4v) is 4.45. The molecule has 0 bridgehead atoms. The van der Waals surface area contributed by atoms with E-state index in [-0.39, 0.29) is 28.6 Å². The molecule has 1 atom stereocenters. The monoisotopic (exact) mass is 422 g/mol. The highest BCUT2D eigenvalue weighted by molar-refractivity contribution is 7.94. The number of anilines is 2. The highest BCUT2D eigenvalue weighted by Gasteiger charge is 2.41. The fraction of sp³-hybridized carbons (Fsp3) is 0.263. The van der Waals surface area contributed by atoms with Crippen molar-refractivity contribution >= 4 is 33.4 Å². The molecule has 0 spiro atoms. The number of carbonyl (C=O) groups is 2. The Morgan fingerprint density at radius 3 is 2.45 bits per heavy atom. The third-order valence-corrected chi connectivity index (χ3v) is 6.01. The molecule has 0 aliphatic carbocycles. The van der Waals surface area contributed by atoms with E-state index in [1.54, 1.807) is 6.92 Å². The average molecular weight is 422 g/mol. The summed E-state index contributed by atoms with van der Waals surface area (Å²) in [6.45, 7) is 3.37. The van der Waals surface area contributed by atoms with E-state index in [1.165, 1.54) is 44.3 Å². The lowest BCUT2D eigenvalue weighted by Crippen LogP contribution is -2.49. The molecule has 2 amide bonds. The van der Waals surface area contributed by atoms with Crippen molar-refractivity contribution in [2.45, 2.75) is 24.8 Å². The summed E-state index contributed by atoms with van der Waals surface area (Å²) in [5, 5.41) is 0. The molecule has 0 radical (unpaired) electrons. The second kappa shape index (κ2) is 7.70. The first kappa shape index (κ1) is 20.6. The first-order valence-corrected chi connectivity index (χ1v) is 10.2. The van der Waals surface area contributed by atoms with Crippen molar-refractivity contribution in [3.8, 4) is 5.75 Å². The molecule has 10 heteroatoms. The van der Waals surface area contributed by atoms with Crippen LogP contribution in [-0.4, -0.2) is 40.2 Å². The number of rotatable bonds is 5. The zero-order valence-electron chi connectivity index (χ0n) is 16.0. The number of hydrogen-bond donors (Lipinski definition) is 0. The van der Waals surface area contributed by atoms with E-state index < -0.39 is 33.9 Å². The van der Waals surface area contributed by atoms with Crippen LogP contribution in [0.3, 0.4) is 0 Å². The zero-order chi connectivity index (χ0) is 21.3. The Hall–Kier alpha value is -3.14. The van der Waals surface area contributed by atoms with Gasteiger partial charge in [0.1, 0.15) is 16.5 Å². The molecule has 0 N–H and O–H groups in total. The van der Waals surface area contributed by atoms with Gasteiger partial charge in [0, 0.05) is 13.1 Å². The van der Waals surface area contributed by atoms with Gasteiger partial charge in [-0.1, -0.05) is 0 Å². The van der Waals surface area contributed by atoms with Gasteiger partial charge in [0.2, 0.25) is 0 Å². The molecule has 0 saturated carbocycles. The second-order valence-electron chi connectivity index (χ2n) is 6.23. The fourth-order valence-electron chi connectivity index (χ4n) is 2.83. The van der Waals surface area contributed by atoms with Gasteiger partial charge in [-0.3, -0.25) is 4.90 Å². The van der Waals surface area contributed by atoms with Gasteiger partial charge >= 0.3 is 12.0 Å². The number of urea groups is 1. The van der Waals surface area contributed by atoms with E-state index in [2.05, 4.69) is 0 Å². The van der Waals surface area contributed by atoms with Crippen LogP contribution in [0.1, 0.15) is 13.8 Å². The van der Waals surface area contributed by atoms with Crippen molar-refractivity contribution in [3.63, 3.8) is 0 Å². The molecule has 1 aliphatic rings. The molecule has 2 aromatic carbocycles. The predicted octanol–water partition coefficient (Wildman–Crippen LogP) is 2.92.